The first-order valence-corrected chi connectivity index (χ1v) is 8.81. The van der Waals surface area contributed by atoms with Gasteiger partial charge in [-0.1, -0.05) is 40.2 Å². The number of fused-ring (bicyclic) bond motifs is 1. The molecule has 0 atom stereocenters. The van der Waals surface area contributed by atoms with Crippen molar-refractivity contribution in [3.8, 4) is 11.1 Å². The van der Waals surface area contributed by atoms with Crippen molar-refractivity contribution >= 4 is 26.8 Å². The molecule has 3 aromatic rings. The first-order chi connectivity index (χ1) is 11.2. The van der Waals surface area contributed by atoms with Gasteiger partial charge in [-0.2, -0.15) is 4.73 Å². The van der Waals surface area contributed by atoms with Gasteiger partial charge in [0.15, 0.2) is 0 Å². The monoisotopic (exact) mass is 371 g/mol. The molecular formula is C19H15BrFNO. The van der Waals surface area contributed by atoms with Gasteiger partial charge in [0.1, 0.15) is 5.82 Å². The van der Waals surface area contributed by atoms with Crippen LogP contribution in [0.5, 0.6) is 0 Å². The fraction of sp³-hybridized carbons (Fsp3) is 0.211. The number of nitrogens with zero attached hydrogens (tertiary/aromatic N) is 1. The summed E-state index contributed by atoms with van der Waals surface area (Å²) in [5.41, 5.74) is 4.54. The molecule has 116 valence electrons. The molecule has 0 amide bonds. The van der Waals surface area contributed by atoms with Crippen LogP contribution in [0, 0.1) is 11.0 Å². The fourth-order valence-electron chi connectivity index (χ4n) is 3.26. The van der Waals surface area contributed by atoms with Crippen molar-refractivity contribution in [2.45, 2.75) is 24.1 Å². The van der Waals surface area contributed by atoms with E-state index in [1.54, 1.807) is 12.1 Å². The van der Waals surface area contributed by atoms with Crippen molar-refractivity contribution < 1.29 is 9.12 Å². The van der Waals surface area contributed by atoms with Gasteiger partial charge in [-0.05, 0) is 36.6 Å². The topological polar surface area (TPSA) is 26.9 Å². The van der Waals surface area contributed by atoms with Gasteiger partial charge in [0.25, 0.3) is 0 Å². The quantitative estimate of drug-likeness (QED) is 0.359. The Morgan fingerprint density at radius 1 is 1.09 bits per heavy atom. The average Bonchev–Trinajstić information content (AvgIpc) is 3.40. The van der Waals surface area contributed by atoms with Crippen LogP contribution in [0.4, 0.5) is 4.39 Å². The molecule has 0 radical (unpaired) electrons. The second-order valence-corrected chi connectivity index (χ2v) is 6.53. The number of rotatable bonds is 3. The lowest BCUT2D eigenvalue weighted by Crippen LogP contribution is -2.34. The van der Waals surface area contributed by atoms with Crippen molar-refractivity contribution in [3.05, 3.63) is 70.8 Å². The number of benzene rings is 2. The maximum atomic E-state index is 13.3. The molecule has 2 aromatic carbocycles. The third kappa shape index (κ3) is 2.41. The van der Waals surface area contributed by atoms with Crippen LogP contribution in [-0.4, -0.2) is 0 Å². The van der Waals surface area contributed by atoms with E-state index in [2.05, 4.69) is 15.9 Å². The van der Waals surface area contributed by atoms with Crippen molar-refractivity contribution in [3.63, 3.8) is 0 Å². The summed E-state index contributed by atoms with van der Waals surface area (Å²) in [6.07, 6.45) is 2.12. The molecule has 1 aromatic heterocycles. The van der Waals surface area contributed by atoms with Crippen LogP contribution in [0.3, 0.4) is 0 Å². The Bertz CT molecular complexity index is 888. The van der Waals surface area contributed by atoms with Crippen LogP contribution < -0.4 is 4.73 Å². The highest BCUT2D eigenvalue weighted by molar-refractivity contribution is 9.08. The van der Waals surface area contributed by atoms with E-state index in [1.807, 2.05) is 24.3 Å². The Kier molecular flexibility index (Phi) is 3.57. The molecule has 1 aliphatic rings. The minimum Gasteiger partial charge on any atom is -0.618 e. The molecule has 0 saturated heterocycles. The molecule has 0 spiro atoms. The lowest BCUT2D eigenvalue weighted by molar-refractivity contribution is -0.586. The minimum atomic E-state index is -0.254. The van der Waals surface area contributed by atoms with Crippen molar-refractivity contribution in [2.75, 3.05) is 0 Å². The van der Waals surface area contributed by atoms with Crippen LogP contribution in [0.15, 0.2) is 48.5 Å². The molecule has 4 heteroatoms. The number of halogens is 2. The molecule has 1 saturated carbocycles. The highest BCUT2D eigenvalue weighted by Crippen LogP contribution is 2.44. The second kappa shape index (κ2) is 5.60. The van der Waals surface area contributed by atoms with Gasteiger partial charge < -0.3 is 5.21 Å². The summed E-state index contributed by atoms with van der Waals surface area (Å²) in [4.78, 5) is 0. The van der Waals surface area contributed by atoms with Gasteiger partial charge in [0.05, 0.1) is 5.39 Å². The van der Waals surface area contributed by atoms with Crippen molar-refractivity contribution in [1.29, 1.82) is 0 Å². The Morgan fingerprint density at radius 3 is 2.43 bits per heavy atom. The van der Waals surface area contributed by atoms with E-state index in [9.17, 15) is 9.60 Å². The summed E-state index contributed by atoms with van der Waals surface area (Å²) < 4.78 is 14.4. The number of aromatic nitrogens is 1. The lowest BCUT2D eigenvalue weighted by Gasteiger charge is -2.17. The van der Waals surface area contributed by atoms with E-state index in [1.165, 1.54) is 12.1 Å². The Morgan fingerprint density at radius 2 is 1.78 bits per heavy atom. The van der Waals surface area contributed by atoms with Crippen LogP contribution >= 0.6 is 15.9 Å². The molecule has 0 bridgehead atoms. The summed E-state index contributed by atoms with van der Waals surface area (Å²) >= 11 is 3.56. The van der Waals surface area contributed by atoms with E-state index >= 15 is 0 Å². The van der Waals surface area contributed by atoms with Gasteiger partial charge in [-0.3, -0.25) is 0 Å². The summed E-state index contributed by atoms with van der Waals surface area (Å²) in [6.45, 7) is 0. The molecule has 4 rings (SSSR count). The molecular weight excluding hydrogens is 357 g/mol. The SMILES string of the molecule is [O-][n+]1c(C2CC2)c(CBr)c(-c2ccc(F)cc2)c2ccccc21. The summed E-state index contributed by atoms with van der Waals surface area (Å²) in [5, 5.41) is 14.4. The number of alkyl halides is 1. The van der Waals surface area contributed by atoms with Crippen LogP contribution in [0.1, 0.15) is 30.0 Å². The number of pyridine rings is 1. The first-order valence-electron chi connectivity index (χ1n) is 7.69. The normalized spacial score (nSPS) is 14.3. The largest absolute Gasteiger partial charge is 0.618 e. The van der Waals surface area contributed by atoms with Crippen LogP contribution in [0.2, 0.25) is 0 Å². The van der Waals surface area contributed by atoms with Gasteiger partial charge in [0.2, 0.25) is 11.2 Å². The molecule has 1 aliphatic carbocycles. The predicted molar refractivity (Wildman–Crippen MR) is 92.9 cm³/mol. The molecule has 2 nitrogen and oxygen atoms in total. The molecule has 0 aliphatic heterocycles. The van der Waals surface area contributed by atoms with Gasteiger partial charge in [-0.25, -0.2) is 4.39 Å². The van der Waals surface area contributed by atoms with Crippen molar-refractivity contribution in [2.24, 2.45) is 0 Å². The Balaban J connectivity index is 2.12. The maximum Gasteiger partial charge on any atom is 0.224 e. The average molecular weight is 372 g/mol. The van der Waals surface area contributed by atoms with Crippen LogP contribution in [-0.2, 0) is 5.33 Å². The highest BCUT2D eigenvalue weighted by Gasteiger charge is 2.36. The summed E-state index contributed by atoms with van der Waals surface area (Å²) in [7, 11) is 0. The van der Waals surface area contributed by atoms with Gasteiger partial charge in [-0.15, -0.1) is 0 Å². The zero-order chi connectivity index (χ0) is 16.0. The molecule has 1 fully saturated rings. The zero-order valence-corrected chi connectivity index (χ0v) is 14.0. The zero-order valence-electron chi connectivity index (χ0n) is 12.4. The highest BCUT2D eigenvalue weighted by atomic mass is 79.9. The first kappa shape index (κ1) is 14.6. The third-order valence-corrected chi connectivity index (χ3v) is 5.01. The molecule has 23 heavy (non-hydrogen) atoms. The predicted octanol–water partition coefficient (Wildman–Crippen LogP) is 5.05. The third-order valence-electron chi connectivity index (χ3n) is 4.45. The Hall–Kier alpha value is -1.94. The Labute approximate surface area is 142 Å². The van der Waals surface area contributed by atoms with Gasteiger partial charge >= 0.3 is 0 Å². The minimum absolute atomic E-state index is 0.254. The maximum absolute atomic E-state index is 13.3. The van der Waals surface area contributed by atoms with E-state index in [-0.39, 0.29) is 5.82 Å². The number of hydrogen-bond donors (Lipinski definition) is 0. The summed E-state index contributed by atoms with van der Waals surface area (Å²) in [5.74, 6) is 0.0829. The van der Waals surface area contributed by atoms with Crippen molar-refractivity contribution in [1.82, 2.24) is 0 Å². The standard InChI is InChI=1S/C19H15BrFNO/c20-11-16-18(12-7-9-14(21)10-8-12)15-3-1-2-4-17(15)22(23)19(16)13-5-6-13/h1-4,7-10,13H,5-6,11H2. The van der Waals surface area contributed by atoms with E-state index in [4.69, 9.17) is 0 Å². The smallest absolute Gasteiger partial charge is 0.224 e. The second-order valence-electron chi connectivity index (χ2n) is 5.97. The van der Waals surface area contributed by atoms with Gasteiger partial charge in [0, 0.05) is 28.4 Å². The van der Waals surface area contributed by atoms with E-state index in [0.717, 1.165) is 45.3 Å². The lowest BCUT2D eigenvalue weighted by atomic mass is 9.93. The van der Waals surface area contributed by atoms with E-state index in [0.29, 0.717) is 16.8 Å². The number of para-hydroxylation sites is 1. The fourth-order valence-corrected chi connectivity index (χ4v) is 3.82. The van der Waals surface area contributed by atoms with Crippen LogP contribution in [0.25, 0.3) is 22.0 Å². The summed E-state index contributed by atoms with van der Waals surface area (Å²) in [6, 6.07) is 14.2. The molecule has 0 unspecified atom stereocenters. The molecule has 0 N–H and O–H groups in total. The van der Waals surface area contributed by atoms with E-state index < -0.39 is 0 Å². The number of hydrogen-bond acceptors (Lipinski definition) is 1. The molecule has 1 heterocycles.